The van der Waals surface area contributed by atoms with Gasteiger partial charge in [-0.25, -0.2) is 0 Å². The van der Waals surface area contributed by atoms with Crippen LogP contribution >= 0.6 is 0 Å². The van der Waals surface area contributed by atoms with Gasteiger partial charge in [0.05, 0.1) is 12.5 Å². The molecule has 0 radical (unpaired) electrons. The maximum atomic E-state index is 12.2. The Labute approximate surface area is 124 Å². The molecule has 112 valence electrons. The molecule has 0 aliphatic heterocycles. The lowest BCUT2D eigenvalue weighted by Crippen LogP contribution is -2.32. The first-order chi connectivity index (χ1) is 10.0. The van der Waals surface area contributed by atoms with E-state index in [4.69, 9.17) is 10.4 Å². The Morgan fingerprint density at radius 3 is 2.81 bits per heavy atom. The number of carbonyl (C=O) groups excluding carboxylic acids is 1. The molecule has 0 spiro atoms. The monoisotopic (exact) mass is 289 g/mol. The fourth-order valence-electron chi connectivity index (χ4n) is 1.99. The van der Waals surface area contributed by atoms with E-state index in [0.29, 0.717) is 13.1 Å². The predicted octanol–water partition coefficient (Wildman–Crippen LogP) is 1.82. The normalized spacial score (nSPS) is 11.4. The number of nitriles is 1. The van der Waals surface area contributed by atoms with Crippen molar-refractivity contribution in [2.24, 2.45) is 5.92 Å². The van der Waals surface area contributed by atoms with Gasteiger partial charge in [0.25, 0.3) is 0 Å². The molecule has 1 amide bonds. The average molecular weight is 289 g/mol. The second kappa shape index (κ2) is 8.69. The molecule has 6 heteroatoms. The zero-order chi connectivity index (χ0) is 15.7. The molecule has 1 unspecified atom stereocenters. The highest BCUT2D eigenvalue weighted by Gasteiger charge is 2.18. The number of aromatic nitrogens is 1. The lowest BCUT2D eigenvalue weighted by Gasteiger charge is -2.23. The van der Waals surface area contributed by atoms with Crippen LogP contribution < -0.4 is 0 Å². The van der Waals surface area contributed by atoms with Crippen LogP contribution in [0.1, 0.15) is 31.7 Å². The maximum Gasteiger partial charge on any atom is 0.303 e. The molecule has 0 aliphatic rings. The molecule has 1 aromatic rings. The Bertz CT molecular complexity index is 511. The van der Waals surface area contributed by atoms with Crippen molar-refractivity contribution in [3.8, 4) is 6.07 Å². The molecule has 21 heavy (non-hydrogen) atoms. The van der Waals surface area contributed by atoms with Gasteiger partial charge in [-0.15, -0.1) is 0 Å². The second-order valence-electron chi connectivity index (χ2n) is 4.99. The van der Waals surface area contributed by atoms with Crippen molar-refractivity contribution in [2.75, 3.05) is 6.54 Å². The quantitative estimate of drug-likeness (QED) is 0.787. The van der Waals surface area contributed by atoms with Gasteiger partial charge in [0.2, 0.25) is 5.91 Å². The Morgan fingerprint density at radius 1 is 1.48 bits per heavy atom. The van der Waals surface area contributed by atoms with E-state index in [9.17, 15) is 9.59 Å². The highest BCUT2D eigenvalue weighted by atomic mass is 16.4. The van der Waals surface area contributed by atoms with Crippen molar-refractivity contribution in [2.45, 2.75) is 32.7 Å². The summed E-state index contributed by atoms with van der Waals surface area (Å²) in [6.07, 6.45) is 3.70. The number of rotatable bonds is 8. The van der Waals surface area contributed by atoms with Crippen LogP contribution in [0.5, 0.6) is 0 Å². The SMILES string of the molecule is CC(CC(=O)O)CC(=O)N(CCC#N)Cc1cccnc1. The Hall–Kier alpha value is -2.42. The van der Waals surface area contributed by atoms with Crippen LogP contribution in [0.4, 0.5) is 0 Å². The van der Waals surface area contributed by atoms with Crippen LogP contribution in [0, 0.1) is 17.2 Å². The summed E-state index contributed by atoms with van der Waals surface area (Å²) in [5.74, 6) is -1.28. The number of amides is 1. The Morgan fingerprint density at radius 2 is 2.24 bits per heavy atom. The molecule has 1 N–H and O–H groups in total. The first kappa shape index (κ1) is 16.6. The molecule has 1 aromatic heterocycles. The number of hydrogen-bond acceptors (Lipinski definition) is 4. The molecule has 6 nitrogen and oxygen atoms in total. The number of hydrogen-bond donors (Lipinski definition) is 1. The molecule has 0 aromatic carbocycles. The van der Waals surface area contributed by atoms with E-state index >= 15 is 0 Å². The Kier molecular flexibility index (Phi) is 6.88. The Balaban J connectivity index is 2.65. The largest absolute Gasteiger partial charge is 0.481 e. The molecule has 1 rings (SSSR count). The van der Waals surface area contributed by atoms with Crippen molar-refractivity contribution >= 4 is 11.9 Å². The molecule has 0 saturated heterocycles. The van der Waals surface area contributed by atoms with Crippen LogP contribution in [0.25, 0.3) is 0 Å². The van der Waals surface area contributed by atoms with Crippen LogP contribution in [0.2, 0.25) is 0 Å². The number of carboxylic acids is 1. The highest BCUT2D eigenvalue weighted by Crippen LogP contribution is 2.12. The fourth-order valence-corrected chi connectivity index (χ4v) is 1.99. The topological polar surface area (TPSA) is 94.3 Å². The smallest absolute Gasteiger partial charge is 0.303 e. The van der Waals surface area contributed by atoms with Crippen LogP contribution in [0.3, 0.4) is 0 Å². The van der Waals surface area contributed by atoms with Gasteiger partial charge >= 0.3 is 5.97 Å². The minimum absolute atomic E-state index is 0.0370. The van der Waals surface area contributed by atoms with Gasteiger partial charge in [0, 0.05) is 38.3 Å². The lowest BCUT2D eigenvalue weighted by atomic mass is 10.0. The van der Waals surface area contributed by atoms with Gasteiger partial charge in [-0.2, -0.15) is 5.26 Å². The first-order valence-corrected chi connectivity index (χ1v) is 6.78. The summed E-state index contributed by atoms with van der Waals surface area (Å²) in [5, 5.41) is 17.4. The van der Waals surface area contributed by atoms with E-state index in [1.165, 1.54) is 0 Å². The van der Waals surface area contributed by atoms with E-state index < -0.39 is 5.97 Å². The average Bonchev–Trinajstić information content (AvgIpc) is 2.43. The number of nitrogens with zero attached hydrogens (tertiary/aromatic N) is 3. The minimum Gasteiger partial charge on any atom is -0.481 e. The molecule has 1 atom stereocenters. The van der Waals surface area contributed by atoms with Gasteiger partial charge in [0.15, 0.2) is 0 Å². The third-order valence-electron chi connectivity index (χ3n) is 2.99. The molecule has 0 fully saturated rings. The van der Waals surface area contributed by atoms with Crippen molar-refractivity contribution in [1.82, 2.24) is 9.88 Å². The van der Waals surface area contributed by atoms with Gasteiger partial charge in [-0.1, -0.05) is 13.0 Å². The van der Waals surface area contributed by atoms with Crippen molar-refractivity contribution in [3.05, 3.63) is 30.1 Å². The lowest BCUT2D eigenvalue weighted by molar-refractivity contribution is -0.138. The van der Waals surface area contributed by atoms with Crippen LogP contribution in [0.15, 0.2) is 24.5 Å². The molecule has 0 saturated carbocycles. The number of carboxylic acid groups (broad SMARTS) is 1. The molecular formula is C15H19N3O3. The van der Waals surface area contributed by atoms with E-state index in [0.717, 1.165) is 5.56 Å². The van der Waals surface area contributed by atoms with Crippen molar-refractivity contribution in [3.63, 3.8) is 0 Å². The first-order valence-electron chi connectivity index (χ1n) is 6.78. The van der Waals surface area contributed by atoms with E-state index in [2.05, 4.69) is 4.98 Å². The summed E-state index contributed by atoms with van der Waals surface area (Å²) in [6.45, 7) is 2.46. The van der Waals surface area contributed by atoms with Gasteiger partial charge in [0.1, 0.15) is 0 Å². The van der Waals surface area contributed by atoms with Gasteiger partial charge in [-0.05, 0) is 17.5 Å². The second-order valence-corrected chi connectivity index (χ2v) is 4.99. The summed E-state index contributed by atoms with van der Waals surface area (Å²) in [5.41, 5.74) is 0.884. The van der Waals surface area contributed by atoms with Crippen LogP contribution in [-0.4, -0.2) is 33.4 Å². The van der Waals surface area contributed by atoms with E-state index in [1.807, 2.05) is 12.1 Å². The number of carbonyl (C=O) groups is 2. The molecular weight excluding hydrogens is 270 g/mol. The van der Waals surface area contributed by atoms with E-state index in [-0.39, 0.29) is 31.1 Å². The zero-order valence-corrected chi connectivity index (χ0v) is 12.0. The molecule has 0 aliphatic carbocycles. The zero-order valence-electron chi connectivity index (χ0n) is 12.0. The minimum atomic E-state index is -0.911. The number of aliphatic carboxylic acids is 1. The fraction of sp³-hybridized carbons (Fsp3) is 0.467. The molecule has 1 heterocycles. The van der Waals surface area contributed by atoms with Crippen molar-refractivity contribution in [1.29, 1.82) is 5.26 Å². The summed E-state index contributed by atoms with van der Waals surface area (Å²) in [6, 6.07) is 5.67. The van der Waals surface area contributed by atoms with Gasteiger partial charge in [-0.3, -0.25) is 14.6 Å². The summed E-state index contributed by atoms with van der Waals surface area (Å²) >= 11 is 0. The standard InChI is InChI=1S/C15H19N3O3/c1-12(9-15(20)21)8-14(19)18(7-3-5-16)11-13-4-2-6-17-10-13/h2,4,6,10,12H,3,7-9,11H2,1H3,(H,20,21). The summed E-state index contributed by atoms with van der Waals surface area (Å²) in [7, 11) is 0. The maximum absolute atomic E-state index is 12.2. The summed E-state index contributed by atoms with van der Waals surface area (Å²) in [4.78, 5) is 28.5. The number of pyridine rings is 1. The van der Waals surface area contributed by atoms with Crippen LogP contribution in [-0.2, 0) is 16.1 Å². The van der Waals surface area contributed by atoms with Gasteiger partial charge < -0.3 is 10.0 Å². The van der Waals surface area contributed by atoms with E-state index in [1.54, 1.807) is 30.3 Å². The predicted molar refractivity (Wildman–Crippen MR) is 75.9 cm³/mol. The summed E-state index contributed by atoms with van der Waals surface area (Å²) < 4.78 is 0. The third kappa shape index (κ3) is 6.52. The van der Waals surface area contributed by atoms with Crippen molar-refractivity contribution < 1.29 is 14.7 Å². The molecule has 0 bridgehead atoms. The highest BCUT2D eigenvalue weighted by molar-refractivity contribution is 5.77. The third-order valence-corrected chi connectivity index (χ3v) is 2.99.